The highest BCUT2D eigenvalue weighted by Crippen LogP contribution is 2.46. The lowest BCUT2D eigenvalue weighted by molar-refractivity contribution is -0.121. The smallest absolute Gasteiger partial charge is 0.241 e. The molecule has 1 aliphatic rings. The minimum Gasteiger partial charge on any atom is -0.278 e. The summed E-state index contributed by atoms with van der Waals surface area (Å²) in [6.45, 7) is 9.79. The van der Waals surface area contributed by atoms with Gasteiger partial charge in [0.25, 0.3) is 0 Å². The highest BCUT2D eigenvalue weighted by atomic mass is 16.2. The Morgan fingerprint density at radius 2 is 1.59 bits per heavy atom. The number of rotatable bonds is 2. The van der Waals surface area contributed by atoms with Crippen molar-refractivity contribution in [3.05, 3.63) is 65.5 Å². The number of hydrogen-bond donors (Lipinski definition) is 0. The minimum absolute atomic E-state index is 0.0554. The number of anilines is 2. The zero-order valence-electron chi connectivity index (χ0n) is 16.2. The Morgan fingerprint density at radius 1 is 0.889 bits per heavy atom. The fourth-order valence-electron chi connectivity index (χ4n) is 3.48. The standard InChI is InChI=1S/C22H22N4O/c1-13-8-18(12-23-14(13)2)26-20-9-16(17-10-24-15(3)25-11-17)6-7-19(20)22(4,5)21(26)27/h6-12H,1-5H3. The molecule has 5 nitrogen and oxygen atoms in total. The number of fused-ring (bicyclic) bond motifs is 1. The summed E-state index contributed by atoms with van der Waals surface area (Å²) >= 11 is 0. The van der Waals surface area contributed by atoms with Crippen LogP contribution in [0.1, 0.15) is 36.5 Å². The topological polar surface area (TPSA) is 59.0 Å². The summed E-state index contributed by atoms with van der Waals surface area (Å²) in [7, 11) is 0. The van der Waals surface area contributed by atoms with Crippen LogP contribution in [0.25, 0.3) is 11.1 Å². The van der Waals surface area contributed by atoms with Crippen LogP contribution in [-0.4, -0.2) is 20.9 Å². The Kier molecular flexibility index (Phi) is 3.84. The van der Waals surface area contributed by atoms with Crippen molar-refractivity contribution in [2.75, 3.05) is 4.90 Å². The predicted octanol–water partition coefficient (Wildman–Crippen LogP) is 4.42. The molecule has 2 aromatic heterocycles. The number of carbonyl (C=O) groups is 1. The normalized spacial score (nSPS) is 15.1. The third kappa shape index (κ3) is 2.70. The molecule has 0 spiro atoms. The monoisotopic (exact) mass is 358 g/mol. The van der Waals surface area contributed by atoms with Crippen molar-refractivity contribution in [1.29, 1.82) is 0 Å². The summed E-state index contributed by atoms with van der Waals surface area (Å²) in [6, 6.07) is 8.14. The Bertz CT molecular complexity index is 1050. The first-order valence-corrected chi connectivity index (χ1v) is 9.00. The molecule has 0 unspecified atom stereocenters. The van der Waals surface area contributed by atoms with E-state index >= 15 is 0 Å². The molecule has 0 radical (unpaired) electrons. The molecule has 136 valence electrons. The van der Waals surface area contributed by atoms with Crippen LogP contribution in [0.2, 0.25) is 0 Å². The van der Waals surface area contributed by atoms with Crippen molar-refractivity contribution >= 4 is 17.3 Å². The van der Waals surface area contributed by atoms with E-state index in [0.717, 1.165) is 45.1 Å². The molecular weight excluding hydrogens is 336 g/mol. The third-order valence-corrected chi connectivity index (χ3v) is 5.35. The van der Waals surface area contributed by atoms with E-state index in [1.165, 1.54) is 0 Å². The van der Waals surface area contributed by atoms with Gasteiger partial charge >= 0.3 is 0 Å². The molecule has 4 rings (SSSR count). The van der Waals surface area contributed by atoms with Crippen LogP contribution >= 0.6 is 0 Å². The summed E-state index contributed by atoms with van der Waals surface area (Å²) in [5, 5.41) is 0. The van der Waals surface area contributed by atoms with E-state index in [0.29, 0.717) is 0 Å². The van der Waals surface area contributed by atoms with Crippen LogP contribution in [0.5, 0.6) is 0 Å². The second-order valence-electron chi connectivity index (χ2n) is 7.61. The Labute approximate surface area is 159 Å². The molecule has 0 saturated carbocycles. The Morgan fingerprint density at radius 3 is 2.26 bits per heavy atom. The van der Waals surface area contributed by atoms with Crippen LogP contribution in [0.4, 0.5) is 11.4 Å². The molecule has 0 fully saturated rings. The molecule has 0 bridgehead atoms. The number of pyridine rings is 1. The van der Waals surface area contributed by atoms with Crippen molar-refractivity contribution in [3.8, 4) is 11.1 Å². The van der Waals surface area contributed by atoms with Crippen molar-refractivity contribution in [2.45, 2.75) is 40.0 Å². The summed E-state index contributed by atoms with van der Waals surface area (Å²) < 4.78 is 0. The summed E-state index contributed by atoms with van der Waals surface area (Å²) in [6.07, 6.45) is 5.40. The van der Waals surface area contributed by atoms with Gasteiger partial charge in [0.1, 0.15) is 5.82 Å². The Balaban J connectivity index is 1.88. The zero-order chi connectivity index (χ0) is 19.3. The van der Waals surface area contributed by atoms with Crippen LogP contribution < -0.4 is 4.90 Å². The van der Waals surface area contributed by atoms with Gasteiger partial charge in [-0.25, -0.2) is 9.97 Å². The molecule has 0 N–H and O–H groups in total. The quantitative estimate of drug-likeness (QED) is 0.680. The summed E-state index contributed by atoms with van der Waals surface area (Å²) in [5.74, 6) is 0.791. The van der Waals surface area contributed by atoms with E-state index < -0.39 is 5.41 Å². The fraction of sp³-hybridized carbons (Fsp3) is 0.273. The van der Waals surface area contributed by atoms with Crippen LogP contribution in [-0.2, 0) is 10.2 Å². The molecule has 1 amide bonds. The molecule has 5 heteroatoms. The van der Waals surface area contributed by atoms with Gasteiger partial charge in [-0.2, -0.15) is 0 Å². The number of aromatic nitrogens is 3. The van der Waals surface area contributed by atoms with E-state index in [1.54, 1.807) is 11.1 Å². The second kappa shape index (κ2) is 5.98. The number of aryl methyl sites for hydroxylation is 3. The molecule has 0 aliphatic carbocycles. The van der Waals surface area contributed by atoms with Crippen LogP contribution in [0, 0.1) is 20.8 Å². The number of carbonyl (C=O) groups excluding carboxylic acids is 1. The van der Waals surface area contributed by atoms with Crippen molar-refractivity contribution in [1.82, 2.24) is 15.0 Å². The zero-order valence-corrected chi connectivity index (χ0v) is 16.2. The van der Waals surface area contributed by atoms with Gasteiger partial charge in [-0.1, -0.05) is 12.1 Å². The van der Waals surface area contributed by atoms with Crippen LogP contribution in [0.3, 0.4) is 0 Å². The van der Waals surface area contributed by atoms with Crippen molar-refractivity contribution < 1.29 is 4.79 Å². The average Bonchev–Trinajstić information content (AvgIpc) is 2.84. The molecule has 0 saturated heterocycles. The Hall–Kier alpha value is -3.08. The van der Waals surface area contributed by atoms with E-state index in [-0.39, 0.29) is 5.91 Å². The molecule has 3 heterocycles. The van der Waals surface area contributed by atoms with Gasteiger partial charge in [0.2, 0.25) is 5.91 Å². The van der Waals surface area contributed by atoms with Crippen molar-refractivity contribution in [2.24, 2.45) is 0 Å². The van der Waals surface area contributed by atoms with Gasteiger partial charge in [0.15, 0.2) is 0 Å². The van der Waals surface area contributed by atoms with Gasteiger partial charge in [-0.15, -0.1) is 0 Å². The summed E-state index contributed by atoms with van der Waals surface area (Å²) in [5.41, 5.74) is 6.07. The molecular formula is C22H22N4O. The molecule has 1 aliphatic heterocycles. The number of benzene rings is 1. The lowest BCUT2D eigenvalue weighted by Gasteiger charge is -2.21. The molecule has 3 aromatic rings. The maximum atomic E-state index is 13.2. The first kappa shape index (κ1) is 17.3. The second-order valence-corrected chi connectivity index (χ2v) is 7.61. The highest BCUT2D eigenvalue weighted by molar-refractivity contribution is 6.12. The highest BCUT2D eigenvalue weighted by Gasteiger charge is 2.44. The fourth-order valence-corrected chi connectivity index (χ4v) is 3.48. The molecule has 1 aromatic carbocycles. The minimum atomic E-state index is -0.587. The van der Waals surface area contributed by atoms with Gasteiger partial charge in [0, 0.05) is 23.7 Å². The third-order valence-electron chi connectivity index (χ3n) is 5.35. The number of amides is 1. The van der Waals surface area contributed by atoms with Crippen molar-refractivity contribution in [3.63, 3.8) is 0 Å². The van der Waals surface area contributed by atoms with E-state index in [1.807, 2.05) is 71.3 Å². The van der Waals surface area contributed by atoms with E-state index in [4.69, 9.17) is 0 Å². The first-order chi connectivity index (χ1) is 12.8. The summed E-state index contributed by atoms with van der Waals surface area (Å²) in [4.78, 5) is 28.1. The first-order valence-electron chi connectivity index (χ1n) is 9.00. The van der Waals surface area contributed by atoms with Gasteiger partial charge in [-0.05, 0) is 63.4 Å². The number of nitrogens with zero attached hydrogens (tertiary/aromatic N) is 4. The number of hydrogen-bond acceptors (Lipinski definition) is 4. The van der Waals surface area contributed by atoms with Gasteiger partial charge in [0.05, 0.1) is 23.0 Å². The predicted molar refractivity (Wildman–Crippen MR) is 106 cm³/mol. The van der Waals surface area contributed by atoms with Gasteiger partial charge in [-0.3, -0.25) is 14.7 Å². The van der Waals surface area contributed by atoms with Gasteiger partial charge < -0.3 is 0 Å². The van der Waals surface area contributed by atoms with Crippen LogP contribution in [0.15, 0.2) is 42.9 Å². The maximum absolute atomic E-state index is 13.2. The van der Waals surface area contributed by atoms with E-state index in [9.17, 15) is 4.79 Å². The van der Waals surface area contributed by atoms with E-state index in [2.05, 4.69) is 15.0 Å². The largest absolute Gasteiger partial charge is 0.278 e. The lowest BCUT2D eigenvalue weighted by Crippen LogP contribution is -2.33. The lowest BCUT2D eigenvalue weighted by atomic mass is 9.85. The SMILES string of the molecule is Cc1ncc(-c2ccc3c(c2)N(c2cnc(C)c(C)c2)C(=O)C3(C)C)cn1. The molecule has 0 atom stereocenters. The average molecular weight is 358 g/mol. The maximum Gasteiger partial charge on any atom is 0.241 e. The molecule has 27 heavy (non-hydrogen) atoms.